The molecular formula is C13H26O2S. The molecular weight excluding hydrogens is 220 g/mol. The molecule has 1 atom stereocenters. The molecule has 96 valence electrons. The molecule has 0 aliphatic heterocycles. The minimum absolute atomic E-state index is 0.0465. The fourth-order valence-corrected chi connectivity index (χ4v) is 2.50. The number of unbranched alkanes of at least 4 members (excludes halogenated alkanes) is 2. The van der Waals surface area contributed by atoms with E-state index in [1.807, 2.05) is 18.7 Å². The number of hydrogen-bond donors (Lipinski definition) is 0. The van der Waals surface area contributed by atoms with E-state index in [1.54, 1.807) is 0 Å². The third kappa shape index (κ3) is 10.3. The van der Waals surface area contributed by atoms with Crippen LogP contribution in [0.5, 0.6) is 0 Å². The highest BCUT2D eigenvalue weighted by Gasteiger charge is 2.01. The summed E-state index contributed by atoms with van der Waals surface area (Å²) in [5.74, 6) is 3.29. The van der Waals surface area contributed by atoms with Gasteiger partial charge in [-0.3, -0.25) is 4.79 Å². The van der Waals surface area contributed by atoms with Crippen molar-refractivity contribution in [1.29, 1.82) is 0 Å². The molecule has 0 aromatic rings. The van der Waals surface area contributed by atoms with Crippen molar-refractivity contribution in [2.75, 3.05) is 18.1 Å². The van der Waals surface area contributed by atoms with Crippen LogP contribution in [-0.4, -0.2) is 24.1 Å². The molecule has 0 saturated carbocycles. The van der Waals surface area contributed by atoms with Crippen LogP contribution in [0.4, 0.5) is 0 Å². The van der Waals surface area contributed by atoms with Gasteiger partial charge in [0.2, 0.25) is 0 Å². The number of esters is 1. The maximum Gasteiger partial charge on any atom is 0.305 e. The molecule has 0 rings (SSSR count). The van der Waals surface area contributed by atoms with Gasteiger partial charge in [0.1, 0.15) is 0 Å². The molecule has 0 amide bonds. The number of hydrogen-bond acceptors (Lipinski definition) is 3. The molecule has 0 aliphatic carbocycles. The second-order valence-electron chi connectivity index (χ2n) is 4.20. The molecule has 0 radical (unpaired) electrons. The Balaban J connectivity index is 3.12. The van der Waals surface area contributed by atoms with Crippen molar-refractivity contribution in [2.45, 2.75) is 52.9 Å². The largest absolute Gasteiger partial charge is 0.466 e. The van der Waals surface area contributed by atoms with E-state index in [1.165, 1.54) is 24.3 Å². The Morgan fingerprint density at radius 3 is 2.62 bits per heavy atom. The monoisotopic (exact) mass is 246 g/mol. The number of rotatable bonds is 10. The lowest BCUT2D eigenvalue weighted by Crippen LogP contribution is -2.03. The molecule has 0 aromatic heterocycles. The Morgan fingerprint density at radius 1 is 1.25 bits per heavy atom. The average Bonchev–Trinajstić information content (AvgIpc) is 2.27. The molecule has 0 aliphatic rings. The van der Waals surface area contributed by atoms with Crippen molar-refractivity contribution in [3.63, 3.8) is 0 Å². The van der Waals surface area contributed by atoms with Crippen LogP contribution in [0.25, 0.3) is 0 Å². The van der Waals surface area contributed by atoms with Gasteiger partial charge in [0.05, 0.1) is 6.61 Å². The quantitative estimate of drug-likeness (QED) is 0.432. The zero-order chi connectivity index (χ0) is 12.2. The van der Waals surface area contributed by atoms with Gasteiger partial charge in [-0.05, 0) is 37.2 Å². The smallest absolute Gasteiger partial charge is 0.305 e. The maximum absolute atomic E-state index is 11.0. The second-order valence-corrected chi connectivity index (χ2v) is 5.35. The standard InChI is InChI=1S/C13H26O2S/c1-4-12(3)11-16-10-8-6-7-9-13(14)15-5-2/h12H,4-11H2,1-3H3. The number of thioether (sulfide) groups is 1. The average molecular weight is 246 g/mol. The van der Waals surface area contributed by atoms with E-state index in [0.717, 1.165) is 18.8 Å². The van der Waals surface area contributed by atoms with Crippen LogP contribution in [0.1, 0.15) is 52.9 Å². The van der Waals surface area contributed by atoms with Gasteiger partial charge in [-0.25, -0.2) is 0 Å². The summed E-state index contributed by atoms with van der Waals surface area (Å²) < 4.78 is 4.87. The zero-order valence-corrected chi connectivity index (χ0v) is 11.8. The van der Waals surface area contributed by atoms with Crippen LogP contribution in [0.3, 0.4) is 0 Å². The summed E-state index contributed by atoms with van der Waals surface area (Å²) in [6, 6.07) is 0. The molecule has 0 bridgehead atoms. The van der Waals surface area contributed by atoms with E-state index >= 15 is 0 Å². The lowest BCUT2D eigenvalue weighted by molar-refractivity contribution is -0.143. The van der Waals surface area contributed by atoms with Crippen LogP contribution in [0.15, 0.2) is 0 Å². The van der Waals surface area contributed by atoms with Crippen LogP contribution in [0.2, 0.25) is 0 Å². The van der Waals surface area contributed by atoms with Crippen LogP contribution in [0, 0.1) is 5.92 Å². The van der Waals surface area contributed by atoms with Gasteiger partial charge in [0.25, 0.3) is 0 Å². The Bertz CT molecular complexity index is 171. The molecule has 1 unspecified atom stereocenters. The van der Waals surface area contributed by atoms with Crippen molar-refractivity contribution in [2.24, 2.45) is 5.92 Å². The van der Waals surface area contributed by atoms with Crippen LogP contribution >= 0.6 is 11.8 Å². The Hall–Kier alpha value is -0.180. The van der Waals surface area contributed by atoms with Gasteiger partial charge in [-0.1, -0.05) is 26.7 Å². The van der Waals surface area contributed by atoms with Gasteiger partial charge >= 0.3 is 5.97 Å². The molecule has 0 fully saturated rings. The van der Waals surface area contributed by atoms with Crippen molar-refractivity contribution in [1.82, 2.24) is 0 Å². The normalized spacial score (nSPS) is 12.4. The number of carbonyl (C=O) groups excluding carboxylic acids is 1. The number of carbonyl (C=O) groups is 1. The lowest BCUT2D eigenvalue weighted by atomic mass is 10.2. The van der Waals surface area contributed by atoms with Gasteiger partial charge in [0.15, 0.2) is 0 Å². The van der Waals surface area contributed by atoms with Gasteiger partial charge < -0.3 is 4.74 Å². The van der Waals surface area contributed by atoms with Crippen molar-refractivity contribution < 1.29 is 9.53 Å². The first-order valence-corrected chi connectivity index (χ1v) is 7.59. The lowest BCUT2D eigenvalue weighted by Gasteiger charge is -2.07. The highest BCUT2D eigenvalue weighted by Crippen LogP contribution is 2.13. The molecule has 0 spiro atoms. The maximum atomic E-state index is 11.0. The Labute approximate surface area is 105 Å². The van der Waals surface area contributed by atoms with Crippen LogP contribution < -0.4 is 0 Å². The van der Waals surface area contributed by atoms with E-state index in [2.05, 4.69) is 13.8 Å². The first-order valence-electron chi connectivity index (χ1n) is 6.44. The zero-order valence-electron chi connectivity index (χ0n) is 11.0. The predicted octanol–water partition coefficient (Wildman–Crippen LogP) is 3.89. The third-order valence-electron chi connectivity index (χ3n) is 2.57. The molecule has 0 N–H and O–H groups in total. The van der Waals surface area contributed by atoms with Crippen molar-refractivity contribution >= 4 is 17.7 Å². The molecule has 2 nitrogen and oxygen atoms in total. The number of ether oxygens (including phenoxy) is 1. The van der Waals surface area contributed by atoms with Crippen molar-refractivity contribution in [3.05, 3.63) is 0 Å². The highest BCUT2D eigenvalue weighted by atomic mass is 32.2. The Kier molecular flexibility index (Phi) is 11.2. The van der Waals surface area contributed by atoms with Gasteiger partial charge in [-0.15, -0.1) is 0 Å². The summed E-state index contributed by atoms with van der Waals surface area (Å²) in [5.41, 5.74) is 0. The third-order valence-corrected chi connectivity index (χ3v) is 3.96. The molecule has 0 heterocycles. The van der Waals surface area contributed by atoms with Crippen LogP contribution in [-0.2, 0) is 9.53 Å². The molecule has 0 aromatic carbocycles. The SMILES string of the molecule is CCOC(=O)CCCCCSCC(C)CC. The van der Waals surface area contributed by atoms with E-state index < -0.39 is 0 Å². The van der Waals surface area contributed by atoms with E-state index in [4.69, 9.17) is 4.74 Å². The fourth-order valence-electron chi connectivity index (χ4n) is 1.29. The minimum atomic E-state index is -0.0465. The van der Waals surface area contributed by atoms with E-state index in [-0.39, 0.29) is 5.97 Å². The highest BCUT2D eigenvalue weighted by molar-refractivity contribution is 7.99. The summed E-state index contributed by atoms with van der Waals surface area (Å²) in [4.78, 5) is 11.0. The summed E-state index contributed by atoms with van der Waals surface area (Å²) >= 11 is 2.04. The molecule has 0 saturated heterocycles. The van der Waals surface area contributed by atoms with E-state index in [9.17, 15) is 4.79 Å². The summed E-state index contributed by atoms with van der Waals surface area (Å²) in [7, 11) is 0. The summed E-state index contributed by atoms with van der Waals surface area (Å²) in [6.07, 6.45) is 5.20. The molecule has 16 heavy (non-hydrogen) atoms. The summed E-state index contributed by atoms with van der Waals surface area (Å²) in [6.45, 7) is 6.89. The summed E-state index contributed by atoms with van der Waals surface area (Å²) in [5, 5.41) is 0. The van der Waals surface area contributed by atoms with E-state index in [0.29, 0.717) is 13.0 Å². The fraction of sp³-hybridized carbons (Fsp3) is 0.923. The predicted molar refractivity (Wildman–Crippen MR) is 71.9 cm³/mol. The Morgan fingerprint density at radius 2 is 2.00 bits per heavy atom. The first kappa shape index (κ1) is 15.8. The van der Waals surface area contributed by atoms with Gasteiger partial charge in [0, 0.05) is 6.42 Å². The molecule has 3 heteroatoms. The van der Waals surface area contributed by atoms with Crippen molar-refractivity contribution in [3.8, 4) is 0 Å². The minimum Gasteiger partial charge on any atom is -0.466 e. The van der Waals surface area contributed by atoms with Gasteiger partial charge in [-0.2, -0.15) is 11.8 Å². The second kappa shape index (κ2) is 11.3. The topological polar surface area (TPSA) is 26.3 Å². The first-order chi connectivity index (χ1) is 7.70.